The van der Waals surface area contributed by atoms with Gasteiger partial charge in [0.25, 0.3) is 0 Å². The summed E-state index contributed by atoms with van der Waals surface area (Å²) in [5.41, 5.74) is 4.68. The lowest BCUT2D eigenvalue weighted by Gasteiger charge is -2.28. The van der Waals surface area contributed by atoms with Crippen LogP contribution in [-0.4, -0.2) is 27.6 Å². The van der Waals surface area contributed by atoms with E-state index in [1.54, 1.807) is 0 Å². The predicted octanol–water partition coefficient (Wildman–Crippen LogP) is 7.92. The normalized spacial score (nSPS) is 12.5. The Morgan fingerprint density at radius 2 is 1.15 bits per heavy atom. The third kappa shape index (κ3) is 5.61. The summed E-state index contributed by atoms with van der Waals surface area (Å²) in [5.74, 6) is 0.867. The molecule has 48 heavy (non-hydrogen) atoms. The average Bonchev–Trinajstić information content (AvgIpc) is 3.42. The Balaban J connectivity index is 1.47. The van der Waals surface area contributed by atoms with Crippen LogP contribution in [0.5, 0.6) is 11.8 Å². The van der Waals surface area contributed by atoms with Gasteiger partial charge in [0, 0.05) is 28.6 Å². The maximum atomic E-state index is 12.8. The molecule has 0 saturated carbocycles. The van der Waals surface area contributed by atoms with Gasteiger partial charge in [-0.25, -0.2) is 4.98 Å². The largest absolute Gasteiger partial charge is 0.421 e. The van der Waals surface area contributed by atoms with Gasteiger partial charge in [-0.1, -0.05) is 139 Å². The van der Waals surface area contributed by atoms with Crippen LogP contribution in [0, 0.1) is 0 Å². The molecule has 0 unspecified atom stereocenters. The van der Waals surface area contributed by atoms with Gasteiger partial charge in [-0.15, -0.1) is 0 Å². The number of rotatable bonds is 6. The van der Waals surface area contributed by atoms with E-state index in [1.807, 2.05) is 72.8 Å². The number of para-hydroxylation sites is 2. The van der Waals surface area contributed by atoms with E-state index < -0.39 is 8.32 Å². The van der Waals surface area contributed by atoms with Crippen molar-refractivity contribution in [3.63, 3.8) is 0 Å². The SMILES string of the molecule is CC(C)(C)c1cc(Oc2cc(C(C)(C)C)c3c4ccccc4n(-c4ccccc4)c3n2)nc([Si](O)(c2ccccc2)c2ccccc2)c1. The van der Waals surface area contributed by atoms with Crippen molar-refractivity contribution in [1.29, 1.82) is 0 Å². The van der Waals surface area contributed by atoms with Crippen LogP contribution in [-0.2, 0) is 10.8 Å². The molecule has 0 bridgehead atoms. The molecule has 0 radical (unpaired) electrons. The first-order valence-corrected chi connectivity index (χ1v) is 18.4. The lowest BCUT2D eigenvalue weighted by Crippen LogP contribution is -2.68. The minimum Gasteiger partial charge on any atom is -0.421 e. The highest BCUT2D eigenvalue weighted by Crippen LogP contribution is 2.40. The van der Waals surface area contributed by atoms with Crippen molar-refractivity contribution in [2.24, 2.45) is 0 Å². The summed E-state index contributed by atoms with van der Waals surface area (Å²) < 4.78 is 8.94. The first-order valence-electron chi connectivity index (χ1n) is 16.5. The lowest BCUT2D eigenvalue weighted by atomic mass is 9.85. The number of aromatic nitrogens is 3. The Kier molecular flexibility index (Phi) is 7.81. The van der Waals surface area contributed by atoms with Crippen molar-refractivity contribution in [2.45, 2.75) is 52.4 Å². The van der Waals surface area contributed by atoms with Crippen LogP contribution >= 0.6 is 0 Å². The molecule has 0 saturated heterocycles. The third-order valence-corrected chi connectivity index (χ3v) is 12.4. The van der Waals surface area contributed by atoms with Gasteiger partial charge in [0.05, 0.1) is 10.8 Å². The van der Waals surface area contributed by atoms with Gasteiger partial charge in [0.1, 0.15) is 5.65 Å². The Labute approximate surface area is 283 Å². The zero-order valence-corrected chi connectivity index (χ0v) is 29.4. The summed E-state index contributed by atoms with van der Waals surface area (Å²) in [7, 11) is -3.51. The number of fused-ring (bicyclic) bond motifs is 3. The smallest absolute Gasteiger partial charge is 0.304 e. The van der Waals surface area contributed by atoms with Crippen LogP contribution in [0.15, 0.2) is 133 Å². The van der Waals surface area contributed by atoms with Crippen molar-refractivity contribution in [3.8, 4) is 17.4 Å². The van der Waals surface area contributed by atoms with E-state index in [-0.39, 0.29) is 10.8 Å². The molecule has 0 aliphatic rings. The highest BCUT2D eigenvalue weighted by Gasteiger charge is 2.41. The van der Waals surface area contributed by atoms with Crippen molar-refractivity contribution >= 4 is 45.9 Å². The van der Waals surface area contributed by atoms with Crippen LogP contribution < -0.4 is 20.4 Å². The highest BCUT2D eigenvalue weighted by molar-refractivity contribution is 7.05. The second-order valence-electron chi connectivity index (χ2n) is 14.5. The molecule has 0 amide bonds. The molecule has 3 heterocycles. The van der Waals surface area contributed by atoms with Gasteiger partial charge in [-0.2, -0.15) is 4.98 Å². The molecular weight excluding hydrogens is 607 g/mol. The summed E-state index contributed by atoms with van der Waals surface area (Å²) in [6, 6.07) is 44.8. The summed E-state index contributed by atoms with van der Waals surface area (Å²) >= 11 is 0. The van der Waals surface area contributed by atoms with Crippen molar-refractivity contribution < 1.29 is 9.53 Å². The van der Waals surface area contributed by atoms with E-state index in [2.05, 4.69) is 107 Å². The molecule has 7 rings (SSSR count). The van der Waals surface area contributed by atoms with Crippen molar-refractivity contribution in [2.75, 3.05) is 0 Å². The molecule has 4 aromatic carbocycles. The molecule has 1 N–H and O–H groups in total. The lowest BCUT2D eigenvalue weighted by molar-refractivity contribution is 0.440. The molecule has 0 aliphatic heterocycles. The molecular formula is C42H41N3O2Si. The van der Waals surface area contributed by atoms with E-state index in [0.717, 1.165) is 49.1 Å². The minimum absolute atomic E-state index is 0.204. The Morgan fingerprint density at radius 1 is 0.604 bits per heavy atom. The van der Waals surface area contributed by atoms with E-state index in [4.69, 9.17) is 14.7 Å². The van der Waals surface area contributed by atoms with Gasteiger partial charge in [0.15, 0.2) is 0 Å². The quantitative estimate of drug-likeness (QED) is 0.186. The zero-order chi connectivity index (χ0) is 33.7. The van der Waals surface area contributed by atoms with Crippen molar-refractivity contribution in [1.82, 2.24) is 14.5 Å². The topological polar surface area (TPSA) is 60.2 Å². The van der Waals surface area contributed by atoms with Crippen LogP contribution in [0.1, 0.15) is 52.7 Å². The van der Waals surface area contributed by atoms with Gasteiger partial charge in [0.2, 0.25) is 11.8 Å². The maximum absolute atomic E-state index is 12.8. The van der Waals surface area contributed by atoms with Crippen LogP contribution in [0.25, 0.3) is 27.6 Å². The summed E-state index contributed by atoms with van der Waals surface area (Å²) in [6.45, 7) is 13.2. The summed E-state index contributed by atoms with van der Waals surface area (Å²) in [4.78, 5) is 23.2. The molecule has 0 atom stereocenters. The fourth-order valence-corrected chi connectivity index (χ4v) is 9.43. The Hall–Kier alpha value is -5.04. The standard InChI is InChI=1S/C42H41N3O2Si/c1-41(2,3)29-26-36(43-38(27-29)48(46,31-20-12-8-13-21-31)32-22-14-9-15-23-32)47-37-28-34(42(4,5)6)39-33-24-16-17-25-35(33)45(40(39)44-37)30-18-10-7-11-19-30/h7-28,46H,1-6H3. The average molecular weight is 648 g/mol. The fraction of sp³-hybridized carbons (Fsp3) is 0.190. The predicted molar refractivity (Wildman–Crippen MR) is 200 cm³/mol. The van der Waals surface area contributed by atoms with E-state index in [1.165, 1.54) is 0 Å². The number of benzene rings is 4. The minimum atomic E-state index is -3.51. The van der Waals surface area contributed by atoms with Crippen LogP contribution in [0.2, 0.25) is 0 Å². The summed E-state index contributed by atoms with van der Waals surface area (Å²) in [6.07, 6.45) is 0. The first kappa shape index (κ1) is 31.6. The third-order valence-electron chi connectivity index (χ3n) is 9.06. The Bertz CT molecular complexity index is 2190. The van der Waals surface area contributed by atoms with Gasteiger partial charge in [-0.05, 0) is 56.6 Å². The molecule has 240 valence electrons. The molecule has 3 aromatic heterocycles. The van der Waals surface area contributed by atoms with E-state index >= 15 is 0 Å². The van der Waals surface area contributed by atoms with Crippen molar-refractivity contribution in [3.05, 3.63) is 145 Å². The maximum Gasteiger partial charge on any atom is 0.304 e. The highest BCUT2D eigenvalue weighted by atomic mass is 28.4. The van der Waals surface area contributed by atoms with E-state index in [9.17, 15) is 4.80 Å². The summed E-state index contributed by atoms with van der Waals surface area (Å²) in [5, 5.41) is 4.61. The monoisotopic (exact) mass is 647 g/mol. The number of hydrogen-bond donors (Lipinski definition) is 1. The Morgan fingerprint density at radius 3 is 1.73 bits per heavy atom. The van der Waals surface area contributed by atoms with Crippen LogP contribution in [0.4, 0.5) is 0 Å². The van der Waals surface area contributed by atoms with Gasteiger partial charge in [-0.3, -0.25) is 4.57 Å². The van der Waals surface area contributed by atoms with Gasteiger partial charge >= 0.3 is 8.32 Å². The fourth-order valence-electron chi connectivity index (χ4n) is 6.52. The van der Waals surface area contributed by atoms with Crippen LogP contribution in [0.3, 0.4) is 0 Å². The molecule has 5 nitrogen and oxygen atoms in total. The molecule has 0 aliphatic carbocycles. The second kappa shape index (κ2) is 11.9. The van der Waals surface area contributed by atoms with Gasteiger partial charge < -0.3 is 9.53 Å². The second-order valence-corrected chi connectivity index (χ2v) is 17.6. The number of ether oxygens (including phenoxy) is 1. The number of pyridine rings is 2. The molecule has 0 spiro atoms. The zero-order valence-electron chi connectivity index (χ0n) is 28.4. The first-order chi connectivity index (χ1) is 22.9. The van der Waals surface area contributed by atoms with E-state index in [0.29, 0.717) is 17.1 Å². The molecule has 7 aromatic rings. The molecule has 0 fully saturated rings. The number of hydrogen-bond acceptors (Lipinski definition) is 4. The number of nitrogens with zero attached hydrogens (tertiary/aromatic N) is 3. The molecule has 6 heteroatoms.